The first kappa shape index (κ1) is 14.4. The van der Waals surface area contributed by atoms with Crippen LogP contribution in [-0.2, 0) is 0 Å². The molecule has 0 aliphatic rings. The maximum atomic E-state index is 4.32. The molecule has 0 amide bonds. The number of rotatable bonds is 5. The van der Waals surface area contributed by atoms with Crippen molar-refractivity contribution in [2.45, 2.75) is 10.1 Å². The van der Waals surface area contributed by atoms with E-state index < -0.39 is 0 Å². The number of pyridine rings is 2. The number of halogens is 2. The number of nitrogens with zero attached hydrogens (tertiary/aromatic N) is 2. The molecular formula is C12H10Br2N2S2. The molecule has 0 bridgehead atoms. The zero-order valence-electron chi connectivity index (χ0n) is 9.35. The van der Waals surface area contributed by atoms with Gasteiger partial charge in [-0.1, -0.05) is 0 Å². The fourth-order valence-corrected chi connectivity index (χ4v) is 3.32. The summed E-state index contributed by atoms with van der Waals surface area (Å²) >= 11 is 10.3. The first-order valence-corrected chi connectivity index (χ1v) is 8.78. The lowest BCUT2D eigenvalue weighted by Gasteiger charge is -2.01. The molecule has 2 rings (SSSR count). The smallest absolute Gasteiger partial charge is 0.0960 e. The van der Waals surface area contributed by atoms with Gasteiger partial charge in [-0.05, 0) is 56.1 Å². The van der Waals surface area contributed by atoms with Gasteiger partial charge in [-0.3, -0.25) is 0 Å². The first-order valence-electron chi connectivity index (χ1n) is 5.23. The molecule has 0 aromatic carbocycles. The van der Waals surface area contributed by atoms with Gasteiger partial charge in [0.15, 0.2) is 0 Å². The Bertz CT molecular complexity index is 441. The van der Waals surface area contributed by atoms with Gasteiger partial charge in [0.2, 0.25) is 0 Å². The van der Waals surface area contributed by atoms with Crippen LogP contribution < -0.4 is 0 Å². The fraction of sp³-hybridized carbons (Fsp3) is 0.167. The second-order valence-electron chi connectivity index (χ2n) is 3.33. The Hall–Kier alpha value is -0.0400. The lowest BCUT2D eigenvalue weighted by Crippen LogP contribution is -1.87. The van der Waals surface area contributed by atoms with Crippen molar-refractivity contribution in [1.29, 1.82) is 0 Å². The summed E-state index contributed by atoms with van der Waals surface area (Å²) in [6.07, 6.45) is 3.65. The van der Waals surface area contributed by atoms with Gasteiger partial charge in [0.05, 0.1) is 10.1 Å². The summed E-state index contributed by atoms with van der Waals surface area (Å²) in [5.74, 6) is 2.05. The largest absolute Gasteiger partial charge is 0.249 e. The molecule has 0 N–H and O–H groups in total. The molecule has 0 atom stereocenters. The quantitative estimate of drug-likeness (QED) is 0.522. The van der Waals surface area contributed by atoms with Gasteiger partial charge in [-0.2, -0.15) is 0 Å². The van der Waals surface area contributed by atoms with Crippen LogP contribution in [-0.4, -0.2) is 21.5 Å². The number of hydrogen-bond donors (Lipinski definition) is 0. The average Bonchev–Trinajstić information content (AvgIpc) is 2.39. The van der Waals surface area contributed by atoms with Crippen molar-refractivity contribution in [3.8, 4) is 0 Å². The normalized spacial score (nSPS) is 10.6. The summed E-state index contributed by atoms with van der Waals surface area (Å²) in [6, 6.07) is 8.08. The van der Waals surface area contributed by atoms with Crippen LogP contribution in [0.1, 0.15) is 0 Å². The van der Waals surface area contributed by atoms with Crippen LogP contribution in [0.4, 0.5) is 0 Å². The number of aromatic nitrogens is 2. The van der Waals surface area contributed by atoms with Gasteiger partial charge >= 0.3 is 0 Å². The van der Waals surface area contributed by atoms with E-state index in [4.69, 9.17) is 0 Å². The van der Waals surface area contributed by atoms with Crippen LogP contribution >= 0.6 is 55.4 Å². The van der Waals surface area contributed by atoms with E-state index in [1.165, 1.54) is 0 Å². The van der Waals surface area contributed by atoms with E-state index in [1.54, 1.807) is 23.5 Å². The molecule has 18 heavy (non-hydrogen) atoms. The molecular weight excluding hydrogens is 396 g/mol. The van der Waals surface area contributed by atoms with Crippen LogP contribution in [0.5, 0.6) is 0 Å². The van der Waals surface area contributed by atoms with Gasteiger partial charge in [-0.25, -0.2) is 9.97 Å². The highest BCUT2D eigenvalue weighted by Crippen LogP contribution is 2.22. The van der Waals surface area contributed by atoms with Crippen molar-refractivity contribution >= 4 is 55.4 Å². The zero-order valence-corrected chi connectivity index (χ0v) is 14.2. The molecule has 0 radical (unpaired) electrons. The summed E-state index contributed by atoms with van der Waals surface area (Å²) in [4.78, 5) is 8.64. The molecule has 0 saturated carbocycles. The molecule has 2 heterocycles. The predicted molar refractivity (Wildman–Crippen MR) is 85.3 cm³/mol. The van der Waals surface area contributed by atoms with Crippen molar-refractivity contribution in [3.05, 3.63) is 45.6 Å². The Balaban J connectivity index is 1.73. The summed E-state index contributed by atoms with van der Waals surface area (Å²) in [7, 11) is 0. The molecule has 0 saturated heterocycles. The summed E-state index contributed by atoms with van der Waals surface area (Å²) in [5, 5.41) is 2.12. The Kier molecular flexibility index (Phi) is 6.01. The van der Waals surface area contributed by atoms with Crippen molar-refractivity contribution in [2.24, 2.45) is 0 Å². The Morgan fingerprint density at radius 3 is 1.56 bits per heavy atom. The van der Waals surface area contributed by atoms with E-state index in [9.17, 15) is 0 Å². The minimum absolute atomic E-state index is 1.01. The Morgan fingerprint density at radius 2 is 1.22 bits per heavy atom. The monoisotopic (exact) mass is 404 g/mol. The Morgan fingerprint density at radius 1 is 0.778 bits per heavy atom. The highest BCUT2D eigenvalue weighted by Gasteiger charge is 1.98. The fourth-order valence-electron chi connectivity index (χ4n) is 1.19. The van der Waals surface area contributed by atoms with Crippen LogP contribution in [0.2, 0.25) is 0 Å². The van der Waals surface area contributed by atoms with E-state index in [1.807, 2.05) is 36.7 Å². The van der Waals surface area contributed by atoms with Gasteiger partial charge in [0, 0.05) is 32.8 Å². The second kappa shape index (κ2) is 7.53. The number of hydrogen-bond acceptors (Lipinski definition) is 4. The van der Waals surface area contributed by atoms with Gasteiger partial charge in [0.1, 0.15) is 0 Å². The molecule has 94 valence electrons. The van der Waals surface area contributed by atoms with Crippen molar-refractivity contribution in [2.75, 3.05) is 11.5 Å². The maximum Gasteiger partial charge on any atom is 0.0960 e. The van der Waals surface area contributed by atoms with Crippen LogP contribution in [0.25, 0.3) is 0 Å². The maximum absolute atomic E-state index is 4.32. The third kappa shape index (κ3) is 4.91. The van der Waals surface area contributed by atoms with E-state index >= 15 is 0 Å². The van der Waals surface area contributed by atoms with E-state index in [0.717, 1.165) is 30.5 Å². The molecule has 0 aliphatic heterocycles. The first-order chi connectivity index (χ1) is 8.74. The molecule has 0 aliphatic carbocycles. The van der Waals surface area contributed by atoms with Crippen molar-refractivity contribution in [1.82, 2.24) is 9.97 Å². The minimum atomic E-state index is 1.01. The number of thioether (sulfide) groups is 2. The van der Waals surface area contributed by atoms with Crippen LogP contribution in [0.15, 0.2) is 55.7 Å². The van der Waals surface area contributed by atoms with Gasteiger partial charge in [-0.15, -0.1) is 23.5 Å². The zero-order chi connectivity index (χ0) is 12.8. The lowest BCUT2D eigenvalue weighted by molar-refractivity contribution is 1.12. The molecule has 0 unspecified atom stereocenters. The van der Waals surface area contributed by atoms with Crippen molar-refractivity contribution in [3.63, 3.8) is 0 Å². The van der Waals surface area contributed by atoms with Gasteiger partial charge < -0.3 is 0 Å². The van der Waals surface area contributed by atoms with Crippen LogP contribution in [0, 0.1) is 0 Å². The molecule has 6 heteroatoms. The third-order valence-corrected chi connectivity index (χ3v) is 5.07. The van der Waals surface area contributed by atoms with Crippen molar-refractivity contribution < 1.29 is 0 Å². The SMILES string of the molecule is Brc1ccc(SCCSc2ccc(Br)cn2)nc1. The third-order valence-electron chi connectivity index (χ3n) is 1.98. The molecule has 2 nitrogen and oxygen atoms in total. The highest BCUT2D eigenvalue weighted by molar-refractivity contribution is 9.10. The topological polar surface area (TPSA) is 25.8 Å². The standard InChI is InChI=1S/C12H10Br2N2S2/c13-9-1-3-11(15-7-9)17-5-6-18-12-4-2-10(14)8-16-12/h1-4,7-8H,5-6H2. The van der Waals surface area contributed by atoms with E-state index in [-0.39, 0.29) is 0 Å². The second-order valence-corrected chi connectivity index (χ2v) is 7.39. The minimum Gasteiger partial charge on any atom is -0.249 e. The lowest BCUT2D eigenvalue weighted by atomic mass is 10.5. The molecule has 0 fully saturated rings. The average molecular weight is 406 g/mol. The predicted octanol–water partition coefficient (Wildman–Crippen LogP) is 4.89. The summed E-state index contributed by atoms with van der Waals surface area (Å²) in [6.45, 7) is 0. The van der Waals surface area contributed by atoms with E-state index in [2.05, 4.69) is 41.8 Å². The molecule has 0 spiro atoms. The van der Waals surface area contributed by atoms with E-state index in [0.29, 0.717) is 0 Å². The molecule has 2 aromatic heterocycles. The molecule has 2 aromatic rings. The van der Waals surface area contributed by atoms with Crippen LogP contribution in [0.3, 0.4) is 0 Å². The summed E-state index contributed by atoms with van der Waals surface area (Å²) < 4.78 is 2.03. The van der Waals surface area contributed by atoms with Gasteiger partial charge in [0.25, 0.3) is 0 Å². The highest BCUT2D eigenvalue weighted by atomic mass is 79.9. The summed E-state index contributed by atoms with van der Waals surface area (Å²) in [5.41, 5.74) is 0. The Labute approximate surface area is 132 Å².